The standard InChI is InChI=1S/C19H14Cl2N6O2S/c20-12-7-13(21)9-14(8-12)27-16(11-30-19-22-4-2-5-23-19)17(25-26-27)18(28)24-10-15-3-1-6-29-15/h1-9H,10-11H2,(H,24,28). The van der Waals surface area contributed by atoms with E-state index in [-0.39, 0.29) is 18.1 Å². The number of benzene rings is 1. The first-order chi connectivity index (χ1) is 14.6. The molecule has 3 heterocycles. The Balaban J connectivity index is 1.64. The van der Waals surface area contributed by atoms with Gasteiger partial charge in [0.1, 0.15) is 5.76 Å². The highest BCUT2D eigenvalue weighted by Gasteiger charge is 2.22. The number of halogens is 2. The normalized spacial score (nSPS) is 10.9. The fourth-order valence-corrected chi connectivity index (χ4v) is 3.94. The molecule has 0 saturated carbocycles. The summed E-state index contributed by atoms with van der Waals surface area (Å²) >= 11 is 13.6. The lowest BCUT2D eigenvalue weighted by Gasteiger charge is -2.09. The predicted molar refractivity (Wildman–Crippen MR) is 113 cm³/mol. The zero-order chi connectivity index (χ0) is 20.9. The van der Waals surface area contributed by atoms with Gasteiger partial charge in [-0.1, -0.05) is 40.2 Å². The van der Waals surface area contributed by atoms with Crippen molar-refractivity contribution in [2.24, 2.45) is 0 Å². The van der Waals surface area contributed by atoms with Crippen LogP contribution in [0.5, 0.6) is 0 Å². The number of thioether (sulfide) groups is 1. The Bertz CT molecular complexity index is 1130. The molecule has 0 fully saturated rings. The van der Waals surface area contributed by atoms with E-state index in [9.17, 15) is 4.79 Å². The Kier molecular flexibility index (Phi) is 6.32. The van der Waals surface area contributed by atoms with Gasteiger partial charge in [-0.15, -0.1) is 5.10 Å². The Morgan fingerprint density at radius 1 is 1.13 bits per heavy atom. The molecule has 0 aliphatic carbocycles. The smallest absolute Gasteiger partial charge is 0.274 e. The molecule has 0 aliphatic heterocycles. The number of hydrogen-bond donors (Lipinski definition) is 1. The van der Waals surface area contributed by atoms with Crippen molar-refractivity contribution in [2.45, 2.75) is 17.5 Å². The van der Waals surface area contributed by atoms with Gasteiger partial charge >= 0.3 is 0 Å². The van der Waals surface area contributed by atoms with Crippen molar-refractivity contribution in [1.29, 1.82) is 0 Å². The number of hydrogen-bond acceptors (Lipinski definition) is 7. The third kappa shape index (κ3) is 4.81. The summed E-state index contributed by atoms with van der Waals surface area (Å²) in [4.78, 5) is 21.2. The van der Waals surface area contributed by atoms with Gasteiger partial charge < -0.3 is 9.73 Å². The molecular formula is C19H14Cl2N6O2S. The van der Waals surface area contributed by atoms with E-state index in [1.54, 1.807) is 55.1 Å². The average molecular weight is 461 g/mol. The summed E-state index contributed by atoms with van der Waals surface area (Å²) < 4.78 is 6.79. The van der Waals surface area contributed by atoms with Crippen LogP contribution >= 0.6 is 35.0 Å². The predicted octanol–water partition coefficient (Wildman–Crippen LogP) is 4.18. The van der Waals surface area contributed by atoms with Crippen LogP contribution in [0.1, 0.15) is 21.9 Å². The van der Waals surface area contributed by atoms with Crippen LogP contribution in [0, 0.1) is 0 Å². The number of rotatable bonds is 7. The first-order valence-electron chi connectivity index (χ1n) is 8.71. The van der Waals surface area contributed by atoms with E-state index in [0.29, 0.717) is 38.1 Å². The van der Waals surface area contributed by atoms with E-state index in [1.165, 1.54) is 16.4 Å². The number of amides is 1. The van der Waals surface area contributed by atoms with Gasteiger partial charge in [-0.05, 0) is 36.4 Å². The van der Waals surface area contributed by atoms with Gasteiger partial charge in [-0.3, -0.25) is 4.79 Å². The number of aromatic nitrogens is 5. The lowest BCUT2D eigenvalue weighted by Crippen LogP contribution is -2.24. The van der Waals surface area contributed by atoms with Crippen molar-refractivity contribution in [3.8, 4) is 5.69 Å². The van der Waals surface area contributed by atoms with Crippen molar-refractivity contribution in [3.05, 3.63) is 82.2 Å². The van der Waals surface area contributed by atoms with Crippen molar-refractivity contribution < 1.29 is 9.21 Å². The fraction of sp³-hybridized carbons (Fsp3) is 0.105. The highest BCUT2D eigenvalue weighted by molar-refractivity contribution is 7.98. The van der Waals surface area contributed by atoms with Gasteiger partial charge in [-0.25, -0.2) is 14.6 Å². The molecule has 0 spiro atoms. The minimum atomic E-state index is -0.379. The number of carbonyl (C=O) groups is 1. The van der Waals surface area contributed by atoms with Gasteiger partial charge in [-0.2, -0.15) is 0 Å². The Morgan fingerprint density at radius 3 is 2.60 bits per heavy atom. The second-order valence-electron chi connectivity index (χ2n) is 6.01. The van der Waals surface area contributed by atoms with E-state index in [4.69, 9.17) is 27.6 Å². The van der Waals surface area contributed by atoms with E-state index in [2.05, 4.69) is 25.6 Å². The minimum absolute atomic E-state index is 0.182. The van der Waals surface area contributed by atoms with Crippen LogP contribution in [0.4, 0.5) is 0 Å². The Hall–Kier alpha value is -2.88. The molecule has 152 valence electrons. The molecule has 1 N–H and O–H groups in total. The maximum atomic E-state index is 12.8. The first kappa shape index (κ1) is 20.4. The quantitative estimate of drug-likeness (QED) is 0.326. The molecule has 0 unspecified atom stereocenters. The summed E-state index contributed by atoms with van der Waals surface area (Å²) in [6, 6.07) is 10.3. The van der Waals surface area contributed by atoms with Gasteiger partial charge in [0.05, 0.1) is 24.2 Å². The molecule has 1 amide bonds. The highest BCUT2D eigenvalue weighted by Crippen LogP contribution is 2.26. The average Bonchev–Trinajstić information content (AvgIpc) is 3.40. The molecule has 8 nitrogen and oxygen atoms in total. The van der Waals surface area contributed by atoms with Crippen LogP contribution < -0.4 is 5.32 Å². The van der Waals surface area contributed by atoms with Crippen LogP contribution in [0.15, 0.2) is 64.6 Å². The van der Waals surface area contributed by atoms with E-state index in [0.717, 1.165) is 0 Å². The van der Waals surface area contributed by atoms with Crippen molar-refractivity contribution in [2.75, 3.05) is 0 Å². The largest absolute Gasteiger partial charge is 0.467 e. The Morgan fingerprint density at radius 2 is 1.90 bits per heavy atom. The molecule has 0 bridgehead atoms. The fourth-order valence-electron chi connectivity index (χ4n) is 2.63. The molecule has 3 aromatic heterocycles. The molecule has 30 heavy (non-hydrogen) atoms. The van der Waals surface area contributed by atoms with Crippen LogP contribution in [-0.2, 0) is 12.3 Å². The summed E-state index contributed by atoms with van der Waals surface area (Å²) in [5, 5.41) is 12.5. The van der Waals surface area contributed by atoms with Gasteiger partial charge in [0.15, 0.2) is 10.9 Å². The molecule has 4 aromatic rings. The molecule has 0 atom stereocenters. The SMILES string of the molecule is O=C(NCc1ccco1)c1nnn(-c2cc(Cl)cc(Cl)c2)c1CSc1ncccn1. The number of nitrogens with zero attached hydrogens (tertiary/aromatic N) is 5. The third-order valence-electron chi connectivity index (χ3n) is 3.95. The van der Waals surface area contributed by atoms with Crippen LogP contribution in [0.25, 0.3) is 5.69 Å². The van der Waals surface area contributed by atoms with Crippen molar-refractivity contribution in [3.63, 3.8) is 0 Å². The van der Waals surface area contributed by atoms with Crippen LogP contribution in [0.2, 0.25) is 10.0 Å². The zero-order valence-electron chi connectivity index (χ0n) is 15.3. The monoisotopic (exact) mass is 460 g/mol. The van der Waals surface area contributed by atoms with Crippen LogP contribution in [0.3, 0.4) is 0 Å². The summed E-state index contributed by atoms with van der Waals surface area (Å²) in [6.07, 6.45) is 4.85. The van der Waals surface area contributed by atoms with E-state index in [1.807, 2.05) is 0 Å². The maximum absolute atomic E-state index is 12.8. The summed E-state index contributed by atoms with van der Waals surface area (Å²) in [5.41, 5.74) is 1.33. The van der Waals surface area contributed by atoms with Gasteiger partial charge in [0.2, 0.25) is 0 Å². The summed E-state index contributed by atoms with van der Waals surface area (Å²) in [5.74, 6) is 0.603. The Labute approximate surface area is 185 Å². The van der Waals surface area contributed by atoms with Gasteiger partial charge in [0.25, 0.3) is 5.91 Å². The molecule has 0 radical (unpaired) electrons. The molecule has 4 rings (SSSR count). The first-order valence-corrected chi connectivity index (χ1v) is 10.5. The van der Waals surface area contributed by atoms with E-state index >= 15 is 0 Å². The second-order valence-corrected chi connectivity index (χ2v) is 7.82. The molecule has 0 aliphatic rings. The summed E-state index contributed by atoms with van der Waals surface area (Å²) in [6.45, 7) is 0.232. The number of furan rings is 1. The van der Waals surface area contributed by atoms with Gasteiger partial charge in [0, 0.05) is 28.2 Å². The lowest BCUT2D eigenvalue weighted by atomic mass is 10.2. The second kappa shape index (κ2) is 9.29. The molecule has 0 saturated heterocycles. The molecule has 1 aromatic carbocycles. The van der Waals surface area contributed by atoms with E-state index < -0.39 is 0 Å². The highest BCUT2D eigenvalue weighted by atomic mass is 35.5. The van der Waals surface area contributed by atoms with Crippen molar-refractivity contribution in [1.82, 2.24) is 30.3 Å². The minimum Gasteiger partial charge on any atom is -0.467 e. The number of nitrogens with one attached hydrogen (secondary N) is 1. The maximum Gasteiger partial charge on any atom is 0.274 e. The van der Waals surface area contributed by atoms with Crippen molar-refractivity contribution >= 4 is 40.9 Å². The zero-order valence-corrected chi connectivity index (χ0v) is 17.7. The number of carbonyl (C=O) groups excluding carboxylic acids is 1. The summed E-state index contributed by atoms with van der Waals surface area (Å²) in [7, 11) is 0. The van der Waals surface area contributed by atoms with Crippen LogP contribution in [-0.4, -0.2) is 30.9 Å². The molecular weight excluding hydrogens is 447 g/mol. The molecule has 11 heteroatoms. The lowest BCUT2D eigenvalue weighted by molar-refractivity contribution is 0.0942. The topological polar surface area (TPSA) is 98.7 Å². The third-order valence-corrected chi connectivity index (χ3v) is 5.28.